The van der Waals surface area contributed by atoms with Crippen molar-refractivity contribution in [3.05, 3.63) is 77.7 Å². The molecule has 2 aromatic heterocycles. The maximum atomic E-state index is 12.7. The zero-order chi connectivity index (χ0) is 20.9. The van der Waals surface area contributed by atoms with E-state index in [4.69, 9.17) is 0 Å². The summed E-state index contributed by atoms with van der Waals surface area (Å²) in [5.41, 5.74) is 1.89. The average molecular weight is 413 g/mol. The van der Waals surface area contributed by atoms with Gasteiger partial charge in [0.2, 0.25) is 0 Å². The Hall–Kier alpha value is -3.00. The lowest BCUT2D eigenvalue weighted by Crippen LogP contribution is -2.30. The topological polar surface area (TPSA) is 94.0 Å². The number of sulfone groups is 1. The van der Waals surface area contributed by atoms with E-state index in [-0.39, 0.29) is 29.9 Å². The van der Waals surface area contributed by atoms with Crippen LogP contribution in [0.4, 0.5) is 0 Å². The number of hydrogen-bond acceptors (Lipinski definition) is 5. The lowest BCUT2D eigenvalue weighted by atomic mass is 10.1. The normalized spacial score (nSPS) is 11.6. The Morgan fingerprint density at radius 3 is 2.48 bits per heavy atom. The van der Waals surface area contributed by atoms with E-state index in [1.165, 1.54) is 6.20 Å². The van der Waals surface area contributed by atoms with E-state index < -0.39 is 9.84 Å². The zero-order valence-corrected chi connectivity index (χ0v) is 17.3. The van der Waals surface area contributed by atoms with Crippen molar-refractivity contribution in [1.82, 2.24) is 20.1 Å². The molecule has 3 aromatic rings. The second-order valence-electron chi connectivity index (χ2n) is 7.03. The molecular formula is C21H24N4O3S. The molecule has 0 unspecified atom stereocenters. The van der Waals surface area contributed by atoms with Gasteiger partial charge in [0.1, 0.15) is 0 Å². The van der Waals surface area contributed by atoms with E-state index in [1.807, 2.05) is 38.1 Å². The van der Waals surface area contributed by atoms with Crippen LogP contribution in [0.15, 0.2) is 60.9 Å². The Morgan fingerprint density at radius 1 is 1.10 bits per heavy atom. The number of hydrogen-bond donors (Lipinski definition) is 1. The standard InChI is InChI=1S/C21H24N4O3S/c1-16(2)20-18(14-24-25(20)19-10-6-7-11-22-19)21(26)23-12-13-29(27,28)15-17-8-4-3-5-9-17/h3-11,14,16H,12-13,15H2,1-2H3,(H,23,26). The molecule has 0 aliphatic rings. The number of nitrogens with one attached hydrogen (secondary N) is 1. The molecule has 8 heteroatoms. The molecule has 152 valence electrons. The quantitative estimate of drug-likeness (QED) is 0.614. The summed E-state index contributed by atoms with van der Waals surface area (Å²) in [5, 5.41) is 7.03. The molecule has 3 rings (SSSR count). The fraction of sp³-hybridized carbons (Fsp3) is 0.286. The summed E-state index contributed by atoms with van der Waals surface area (Å²) in [4.78, 5) is 17.0. The number of carbonyl (C=O) groups is 1. The maximum absolute atomic E-state index is 12.7. The number of amides is 1. The number of rotatable bonds is 8. The fourth-order valence-corrected chi connectivity index (χ4v) is 4.32. The van der Waals surface area contributed by atoms with E-state index in [0.717, 1.165) is 11.3 Å². The van der Waals surface area contributed by atoms with Gasteiger partial charge in [-0.1, -0.05) is 50.2 Å². The molecule has 0 atom stereocenters. The number of carbonyl (C=O) groups excluding carboxylic acids is 1. The SMILES string of the molecule is CC(C)c1c(C(=O)NCCS(=O)(=O)Cc2ccccc2)cnn1-c1ccccn1. The van der Waals surface area contributed by atoms with Crippen LogP contribution in [0.3, 0.4) is 0 Å². The van der Waals surface area contributed by atoms with Gasteiger partial charge in [-0.05, 0) is 23.6 Å². The molecule has 0 fully saturated rings. The number of pyridine rings is 1. The maximum Gasteiger partial charge on any atom is 0.254 e. The third kappa shape index (κ3) is 5.29. The van der Waals surface area contributed by atoms with Crippen molar-refractivity contribution in [3.63, 3.8) is 0 Å². The predicted octanol–water partition coefficient (Wildman–Crippen LogP) is 2.74. The Kier molecular flexibility index (Phi) is 6.43. The van der Waals surface area contributed by atoms with Gasteiger partial charge in [0.05, 0.1) is 29.0 Å². The largest absolute Gasteiger partial charge is 0.351 e. The lowest BCUT2D eigenvalue weighted by molar-refractivity contribution is 0.0954. The Labute approximate surface area is 170 Å². The molecular weight excluding hydrogens is 388 g/mol. The Morgan fingerprint density at radius 2 is 1.83 bits per heavy atom. The first-order valence-electron chi connectivity index (χ1n) is 9.39. The van der Waals surface area contributed by atoms with Crippen LogP contribution in [-0.4, -0.2) is 41.4 Å². The third-order valence-corrected chi connectivity index (χ3v) is 5.99. The fourth-order valence-electron chi connectivity index (χ4n) is 3.07. The highest BCUT2D eigenvalue weighted by molar-refractivity contribution is 7.90. The molecule has 1 N–H and O–H groups in total. The van der Waals surface area contributed by atoms with Gasteiger partial charge >= 0.3 is 0 Å². The molecule has 0 aliphatic heterocycles. The highest BCUT2D eigenvalue weighted by atomic mass is 32.2. The average Bonchev–Trinajstić information content (AvgIpc) is 3.14. The van der Waals surface area contributed by atoms with Crippen molar-refractivity contribution in [2.45, 2.75) is 25.5 Å². The molecule has 29 heavy (non-hydrogen) atoms. The minimum absolute atomic E-state index is 0.0297. The summed E-state index contributed by atoms with van der Waals surface area (Å²) in [5.74, 6) is 0.144. The monoisotopic (exact) mass is 412 g/mol. The second kappa shape index (κ2) is 9.00. The summed E-state index contributed by atoms with van der Waals surface area (Å²) in [7, 11) is -3.32. The van der Waals surface area contributed by atoms with Crippen molar-refractivity contribution in [1.29, 1.82) is 0 Å². The van der Waals surface area contributed by atoms with Crippen molar-refractivity contribution < 1.29 is 13.2 Å². The molecule has 0 aliphatic carbocycles. The van der Waals surface area contributed by atoms with Crippen LogP contribution in [0.5, 0.6) is 0 Å². The van der Waals surface area contributed by atoms with Crippen molar-refractivity contribution in [3.8, 4) is 5.82 Å². The van der Waals surface area contributed by atoms with Crippen LogP contribution in [-0.2, 0) is 15.6 Å². The van der Waals surface area contributed by atoms with Gasteiger partial charge in [0.15, 0.2) is 15.7 Å². The van der Waals surface area contributed by atoms with Crippen LogP contribution in [0.2, 0.25) is 0 Å². The van der Waals surface area contributed by atoms with Gasteiger partial charge in [-0.3, -0.25) is 4.79 Å². The Balaban J connectivity index is 1.67. The summed E-state index contributed by atoms with van der Waals surface area (Å²) < 4.78 is 26.3. The van der Waals surface area contributed by atoms with E-state index in [9.17, 15) is 13.2 Å². The molecule has 0 saturated heterocycles. The van der Waals surface area contributed by atoms with E-state index in [2.05, 4.69) is 15.4 Å². The molecule has 7 nitrogen and oxygen atoms in total. The van der Waals surface area contributed by atoms with Crippen molar-refractivity contribution in [2.24, 2.45) is 0 Å². The minimum atomic E-state index is -3.32. The minimum Gasteiger partial charge on any atom is -0.351 e. The summed E-state index contributed by atoms with van der Waals surface area (Å²) in [6.45, 7) is 3.98. The number of aromatic nitrogens is 3. The zero-order valence-electron chi connectivity index (χ0n) is 16.4. The van der Waals surface area contributed by atoms with Gasteiger partial charge in [0.25, 0.3) is 5.91 Å². The van der Waals surface area contributed by atoms with Crippen LogP contribution in [0, 0.1) is 0 Å². The molecule has 1 aromatic carbocycles. The molecule has 0 spiro atoms. The van der Waals surface area contributed by atoms with Gasteiger partial charge in [-0.15, -0.1) is 0 Å². The van der Waals surface area contributed by atoms with Gasteiger partial charge in [-0.25, -0.2) is 18.1 Å². The first kappa shape index (κ1) is 20.7. The van der Waals surface area contributed by atoms with Crippen molar-refractivity contribution >= 4 is 15.7 Å². The molecule has 0 radical (unpaired) electrons. The first-order valence-corrected chi connectivity index (χ1v) is 11.2. The molecule has 1 amide bonds. The molecule has 0 saturated carbocycles. The van der Waals surface area contributed by atoms with Gasteiger partial charge in [0, 0.05) is 12.7 Å². The second-order valence-corrected chi connectivity index (χ2v) is 9.22. The van der Waals surface area contributed by atoms with Crippen molar-refractivity contribution in [2.75, 3.05) is 12.3 Å². The van der Waals surface area contributed by atoms with Crippen LogP contribution in [0.25, 0.3) is 5.82 Å². The van der Waals surface area contributed by atoms with Gasteiger partial charge in [-0.2, -0.15) is 5.10 Å². The summed E-state index contributed by atoms with van der Waals surface area (Å²) in [6, 6.07) is 14.5. The van der Waals surface area contributed by atoms with E-state index in [1.54, 1.807) is 35.1 Å². The Bertz CT molecular complexity index is 1060. The summed E-state index contributed by atoms with van der Waals surface area (Å²) >= 11 is 0. The van der Waals surface area contributed by atoms with Crippen LogP contribution >= 0.6 is 0 Å². The highest BCUT2D eigenvalue weighted by Gasteiger charge is 2.21. The van der Waals surface area contributed by atoms with Gasteiger partial charge < -0.3 is 5.32 Å². The smallest absolute Gasteiger partial charge is 0.254 e. The number of benzene rings is 1. The van der Waals surface area contributed by atoms with Crippen LogP contribution < -0.4 is 5.32 Å². The molecule has 0 bridgehead atoms. The lowest BCUT2D eigenvalue weighted by Gasteiger charge is -2.12. The predicted molar refractivity (Wildman–Crippen MR) is 112 cm³/mol. The first-order chi connectivity index (χ1) is 13.9. The van der Waals surface area contributed by atoms with E-state index >= 15 is 0 Å². The third-order valence-electron chi connectivity index (χ3n) is 4.39. The van der Waals surface area contributed by atoms with E-state index in [0.29, 0.717) is 11.4 Å². The van der Waals surface area contributed by atoms with Crippen LogP contribution in [0.1, 0.15) is 41.4 Å². The molecule has 2 heterocycles. The summed E-state index contributed by atoms with van der Waals surface area (Å²) in [6.07, 6.45) is 3.16. The highest BCUT2D eigenvalue weighted by Crippen LogP contribution is 2.22. The number of nitrogens with zero attached hydrogens (tertiary/aromatic N) is 3.